The van der Waals surface area contributed by atoms with Gasteiger partial charge in [-0.25, -0.2) is 0 Å². The second-order valence-corrected chi connectivity index (χ2v) is 3.96. The smallest absolute Gasteiger partial charge is 0.255 e. The Morgan fingerprint density at radius 3 is 2.69 bits per heavy atom. The molecule has 16 heavy (non-hydrogen) atoms. The topological polar surface area (TPSA) is 40.5 Å². The van der Waals surface area contributed by atoms with Gasteiger partial charge in [0.25, 0.3) is 5.91 Å². The van der Waals surface area contributed by atoms with E-state index in [1.54, 1.807) is 4.90 Å². The van der Waals surface area contributed by atoms with E-state index in [9.17, 15) is 9.90 Å². The fraction of sp³-hybridized carbons (Fsp3) is 0.417. The average molecular weight is 242 g/mol. The van der Waals surface area contributed by atoms with Crippen LogP contribution in [0.5, 0.6) is 5.75 Å². The third kappa shape index (κ3) is 2.89. The second-order valence-electron chi connectivity index (χ2n) is 3.55. The minimum atomic E-state index is -0.134. The number of phenolic OH excluding ortho intramolecular Hbond substituents is 1. The summed E-state index contributed by atoms with van der Waals surface area (Å²) in [5.74, 6) is -0.0782. The van der Waals surface area contributed by atoms with Crippen molar-refractivity contribution in [2.24, 2.45) is 0 Å². The van der Waals surface area contributed by atoms with Crippen LogP contribution in [0.3, 0.4) is 0 Å². The fourth-order valence-corrected chi connectivity index (χ4v) is 1.72. The highest BCUT2D eigenvalue weighted by Crippen LogP contribution is 2.22. The van der Waals surface area contributed by atoms with E-state index in [2.05, 4.69) is 0 Å². The molecule has 1 N–H and O–H groups in total. The third-order valence-electron chi connectivity index (χ3n) is 2.34. The highest BCUT2D eigenvalue weighted by molar-refractivity contribution is 6.33. The molecule has 0 unspecified atom stereocenters. The van der Waals surface area contributed by atoms with E-state index >= 15 is 0 Å². The molecule has 4 heteroatoms. The van der Waals surface area contributed by atoms with Gasteiger partial charge >= 0.3 is 0 Å². The molecule has 0 fully saturated rings. The van der Waals surface area contributed by atoms with Crippen LogP contribution in [0.2, 0.25) is 5.02 Å². The molecular weight excluding hydrogens is 226 g/mol. The first-order valence-corrected chi connectivity index (χ1v) is 5.75. The lowest BCUT2D eigenvalue weighted by atomic mass is 10.2. The third-order valence-corrected chi connectivity index (χ3v) is 2.67. The van der Waals surface area contributed by atoms with Crippen LogP contribution in [0.15, 0.2) is 18.2 Å². The van der Waals surface area contributed by atoms with Crippen molar-refractivity contribution in [2.75, 3.05) is 13.1 Å². The van der Waals surface area contributed by atoms with Crippen molar-refractivity contribution in [3.8, 4) is 5.75 Å². The minimum Gasteiger partial charge on any atom is -0.508 e. The number of carbonyl (C=O) groups is 1. The lowest BCUT2D eigenvalue weighted by molar-refractivity contribution is 0.0764. The van der Waals surface area contributed by atoms with Crippen LogP contribution in [-0.4, -0.2) is 29.0 Å². The standard InChI is InChI=1S/C12H16ClNO2/c1-3-7-14(4-2)12(16)10-8-9(15)5-6-11(10)13/h5-6,8,15H,3-4,7H2,1-2H3. The lowest BCUT2D eigenvalue weighted by Crippen LogP contribution is -2.31. The van der Waals surface area contributed by atoms with E-state index in [0.717, 1.165) is 6.42 Å². The molecule has 1 amide bonds. The summed E-state index contributed by atoms with van der Waals surface area (Å²) in [6.07, 6.45) is 0.899. The monoisotopic (exact) mass is 241 g/mol. The fourth-order valence-electron chi connectivity index (χ4n) is 1.52. The Labute approximate surface area is 101 Å². The molecule has 0 bridgehead atoms. The Morgan fingerprint density at radius 1 is 1.44 bits per heavy atom. The molecule has 0 atom stereocenters. The molecule has 1 rings (SSSR count). The number of amides is 1. The quantitative estimate of drug-likeness (QED) is 0.881. The molecule has 0 aliphatic carbocycles. The first-order chi connectivity index (χ1) is 7.60. The lowest BCUT2D eigenvalue weighted by Gasteiger charge is -2.20. The van der Waals surface area contributed by atoms with Gasteiger partial charge in [-0.2, -0.15) is 0 Å². The van der Waals surface area contributed by atoms with Crippen LogP contribution in [-0.2, 0) is 0 Å². The molecule has 3 nitrogen and oxygen atoms in total. The van der Waals surface area contributed by atoms with Crippen molar-refractivity contribution in [3.05, 3.63) is 28.8 Å². The molecule has 0 aromatic heterocycles. The Kier molecular flexibility index (Phi) is 4.62. The molecular formula is C12H16ClNO2. The highest BCUT2D eigenvalue weighted by atomic mass is 35.5. The van der Waals surface area contributed by atoms with Crippen LogP contribution >= 0.6 is 11.6 Å². The summed E-state index contributed by atoms with van der Waals surface area (Å²) in [6, 6.07) is 4.40. The Hall–Kier alpha value is -1.22. The Bertz CT molecular complexity index is 379. The molecule has 0 spiro atoms. The number of rotatable bonds is 4. The molecule has 0 aliphatic heterocycles. The molecule has 1 aromatic rings. The number of benzene rings is 1. The van der Waals surface area contributed by atoms with Gasteiger partial charge in [-0.15, -0.1) is 0 Å². The summed E-state index contributed by atoms with van der Waals surface area (Å²) in [5, 5.41) is 9.71. The summed E-state index contributed by atoms with van der Waals surface area (Å²) in [5.41, 5.74) is 0.358. The maximum Gasteiger partial charge on any atom is 0.255 e. The summed E-state index contributed by atoms with van der Waals surface area (Å²) in [7, 11) is 0. The number of nitrogens with zero attached hydrogens (tertiary/aromatic N) is 1. The number of carbonyl (C=O) groups excluding carboxylic acids is 1. The maximum absolute atomic E-state index is 12.1. The number of halogens is 1. The van der Waals surface area contributed by atoms with Gasteiger partial charge in [-0.05, 0) is 31.5 Å². The SMILES string of the molecule is CCCN(CC)C(=O)c1cc(O)ccc1Cl. The predicted octanol–water partition coefficient (Wildman–Crippen LogP) is 2.92. The van der Waals surface area contributed by atoms with Gasteiger partial charge in [0, 0.05) is 13.1 Å². The summed E-state index contributed by atoms with van der Waals surface area (Å²) < 4.78 is 0. The van der Waals surface area contributed by atoms with Crippen molar-refractivity contribution in [1.29, 1.82) is 0 Å². The number of hydrogen-bond acceptors (Lipinski definition) is 2. The van der Waals surface area contributed by atoms with Crippen LogP contribution in [0.1, 0.15) is 30.6 Å². The van der Waals surface area contributed by atoms with E-state index in [0.29, 0.717) is 23.7 Å². The van der Waals surface area contributed by atoms with Crippen LogP contribution in [0, 0.1) is 0 Å². The average Bonchev–Trinajstić information content (AvgIpc) is 2.28. The predicted molar refractivity (Wildman–Crippen MR) is 65.0 cm³/mol. The molecule has 0 radical (unpaired) electrons. The van der Waals surface area contributed by atoms with Crippen molar-refractivity contribution in [1.82, 2.24) is 4.90 Å². The maximum atomic E-state index is 12.1. The minimum absolute atomic E-state index is 0.0558. The molecule has 0 heterocycles. The zero-order valence-corrected chi connectivity index (χ0v) is 10.3. The molecule has 1 aromatic carbocycles. The number of hydrogen-bond donors (Lipinski definition) is 1. The van der Waals surface area contributed by atoms with Crippen LogP contribution in [0.25, 0.3) is 0 Å². The van der Waals surface area contributed by atoms with Gasteiger partial charge < -0.3 is 10.0 Å². The summed E-state index contributed by atoms with van der Waals surface area (Å²) in [6.45, 7) is 5.27. The van der Waals surface area contributed by atoms with Crippen molar-refractivity contribution >= 4 is 17.5 Å². The van der Waals surface area contributed by atoms with E-state index in [4.69, 9.17) is 11.6 Å². The van der Waals surface area contributed by atoms with Gasteiger partial charge in [0.15, 0.2) is 0 Å². The van der Waals surface area contributed by atoms with Gasteiger partial charge in [0.1, 0.15) is 5.75 Å². The largest absolute Gasteiger partial charge is 0.508 e. The summed E-state index contributed by atoms with van der Waals surface area (Å²) >= 11 is 5.93. The first-order valence-electron chi connectivity index (χ1n) is 5.38. The summed E-state index contributed by atoms with van der Waals surface area (Å²) in [4.78, 5) is 13.8. The van der Waals surface area contributed by atoms with Gasteiger partial charge in [-0.3, -0.25) is 4.79 Å². The zero-order valence-electron chi connectivity index (χ0n) is 9.53. The Morgan fingerprint density at radius 2 is 2.12 bits per heavy atom. The normalized spacial score (nSPS) is 10.2. The highest BCUT2D eigenvalue weighted by Gasteiger charge is 2.16. The molecule has 0 saturated heterocycles. The van der Waals surface area contributed by atoms with Crippen LogP contribution in [0.4, 0.5) is 0 Å². The van der Waals surface area contributed by atoms with E-state index in [-0.39, 0.29) is 11.7 Å². The second kappa shape index (κ2) is 5.75. The van der Waals surface area contributed by atoms with Gasteiger partial charge in [-0.1, -0.05) is 18.5 Å². The van der Waals surface area contributed by atoms with Crippen LogP contribution < -0.4 is 0 Å². The van der Waals surface area contributed by atoms with E-state index in [1.807, 2.05) is 13.8 Å². The van der Waals surface area contributed by atoms with Crippen molar-refractivity contribution in [3.63, 3.8) is 0 Å². The van der Waals surface area contributed by atoms with E-state index < -0.39 is 0 Å². The van der Waals surface area contributed by atoms with Gasteiger partial charge in [0.2, 0.25) is 0 Å². The van der Waals surface area contributed by atoms with E-state index in [1.165, 1.54) is 18.2 Å². The van der Waals surface area contributed by atoms with Crippen molar-refractivity contribution < 1.29 is 9.90 Å². The van der Waals surface area contributed by atoms with Crippen molar-refractivity contribution in [2.45, 2.75) is 20.3 Å². The number of phenols is 1. The molecule has 88 valence electrons. The molecule has 0 saturated carbocycles. The van der Waals surface area contributed by atoms with Gasteiger partial charge in [0.05, 0.1) is 10.6 Å². The molecule has 0 aliphatic rings. The first kappa shape index (κ1) is 12.8. The Balaban J connectivity index is 2.98. The zero-order chi connectivity index (χ0) is 12.1. The number of aromatic hydroxyl groups is 1.